The molecule has 1 aromatic carbocycles. The summed E-state index contributed by atoms with van der Waals surface area (Å²) in [4.78, 5) is 6.21. The number of aliphatic hydroxyl groups excluding tert-OH is 1. The van der Waals surface area contributed by atoms with Crippen LogP contribution >= 0.6 is 0 Å². The van der Waals surface area contributed by atoms with E-state index in [-0.39, 0.29) is 11.4 Å². The summed E-state index contributed by atoms with van der Waals surface area (Å²) in [6.45, 7) is 31.2. The van der Waals surface area contributed by atoms with Gasteiger partial charge in [0, 0.05) is 50.2 Å². The third-order valence-corrected chi connectivity index (χ3v) is 6.22. The molecule has 1 aromatic rings. The SMILES string of the molecule is C=C/C(=C(/O)N(C)C(=C)/C=C\C(=C/C)C(=C)N1CCN(CC)CC1)c1cc(F)c(C#N)cc1C.CC.CCC. The zero-order chi connectivity index (χ0) is 30.1. The van der Waals surface area contributed by atoms with Crippen LogP contribution in [0.5, 0.6) is 0 Å². The highest BCUT2D eigenvalue weighted by atomic mass is 19.1. The molecule has 1 saturated heterocycles. The molecule has 0 atom stereocenters. The quantitative estimate of drug-likeness (QED) is 0.256. The van der Waals surface area contributed by atoms with Crippen molar-refractivity contribution in [1.82, 2.24) is 14.7 Å². The van der Waals surface area contributed by atoms with E-state index in [4.69, 9.17) is 5.26 Å². The average molecular weight is 537 g/mol. The Morgan fingerprint density at radius 1 is 1.13 bits per heavy atom. The monoisotopic (exact) mass is 536 g/mol. The van der Waals surface area contributed by atoms with Crippen LogP contribution in [0.4, 0.5) is 4.39 Å². The summed E-state index contributed by atoms with van der Waals surface area (Å²) in [5.41, 5.74) is 3.90. The van der Waals surface area contributed by atoms with E-state index in [0.29, 0.717) is 22.4 Å². The molecule has 0 radical (unpaired) electrons. The van der Waals surface area contributed by atoms with Gasteiger partial charge in [-0.15, -0.1) is 0 Å². The highest BCUT2D eigenvalue weighted by Gasteiger charge is 2.18. The average Bonchev–Trinajstić information content (AvgIpc) is 2.96. The standard InChI is InChI=1S/C28H35FN4O.C3H8.C2H6/c1-8-23(22(6)33-15-13-32(10-3)14-16-33)12-11-21(5)31(7)28(34)25(9-2)26-18-27(29)24(19-30)17-20(26)4;1-3-2;1-2/h8-9,11-12,17-18,34H,2,5-6,10,13-16H2,1,3-4,7H3;3H2,1-2H3;1-2H3/b12-11-,23-8+,28-25-;;. The van der Waals surface area contributed by atoms with Crippen molar-refractivity contribution in [2.24, 2.45) is 0 Å². The van der Waals surface area contributed by atoms with E-state index in [0.717, 1.165) is 44.0 Å². The zero-order valence-electron chi connectivity index (χ0n) is 25.4. The topological polar surface area (TPSA) is 53.7 Å². The first-order valence-corrected chi connectivity index (χ1v) is 13.8. The Kier molecular flexibility index (Phi) is 16.9. The van der Waals surface area contributed by atoms with Crippen LogP contribution < -0.4 is 0 Å². The van der Waals surface area contributed by atoms with Crippen molar-refractivity contribution in [2.75, 3.05) is 39.8 Å². The predicted octanol–water partition coefficient (Wildman–Crippen LogP) is 7.96. The number of benzene rings is 1. The maximum absolute atomic E-state index is 14.2. The molecule has 214 valence electrons. The molecule has 5 nitrogen and oxygen atoms in total. The van der Waals surface area contributed by atoms with Crippen LogP contribution in [0.15, 0.2) is 79.0 Å². The van der Waals surface area contributed by atoms with Gasteiger partial charge in [-0.3, -0.25) is 0 Å². The van der Waals surface area contributed by atoms with Gasteiger partial charge in [0.05, 0.1) is 5.56 Å². The highest BCUT2D eigenvalue weighted by Crippen LogP contribution is 2.28. The normalized spacial score (nSPS) is 14.3. The van der Waals surface area contributed by atoms with Gasteiger partial charge >= 0.3 is 0 Å². The summed E-state index contributed by atoms with van der Waals surface area (Å²) < 4.78 is 14.2. The van der Waals surface area contributed by atoms with E-state index >= 15 is 0 Å². The van der Waals surface area contributed by atoms with Gasteiger partial charge in [0.25, 0.3) is 0 Å². The first-order valence-electron chi connectivity index (χ1n) is 13.8. The lowest BCUT2D eigenvalue weighted by molar-refractivity contribution is 0.168. The van der Waals surface area contributed by atoms with Crippen LogP contribution in [0.25, 0.3) is 5.57 Å². The Bertz CT molecular complexity index is 1100. The van der Waals surface area contributed by atoms with Gasteiger partial charge in [-0.1, -0.05) is 79.0 Å². The third kappa shape index (κ3) is 10.3. The Labute approximate surface area is 237 Å². The summed E-state index contributed by atoms with van der Waals surface area (Å²) in [5.74, 6) is -0.763. The minimum atomic E-state index is -0.646. The van der Waals surface area contributed by atoms with Crippen LogP contribution in [0.2, 0.25) is 0 Å². The Morgan fingerprint density at radius 2 is 1.69 bits per heavy atom. The summed E-state index contributed by atoms with van der Waals surface area (Å²) >= 11 is 0. The fourth-order valence-electron chi connectivity index (χ4n) is 3.87. The first-order chi connectivity index (χ1) is 18.6. The van der Waals surface area contributed by atoms with Gasteiger partial charge in [0.15, 0.2) is 5.88 Å². The van der Waals surface area contributed by atoms with Crippen LogP contribution in [0.3, 0.4) is 0 Å². The second-order valence-electron chi connectivity index (χ2n) is 8.90. The summed E-state index contributed by atoms with van der Waals surface area (Å²) in [7, 11) is 1.68. The molecule has 6 heteroatoms. The Morgan fingerprint density at radius 3 is 2.15 bits per heavy atom. The van der Waals surface area contributed by atoms with Crippen molar-refractivity contribution in [3.63, 3.8) is 0 Å². The molecule has 39 heavy (non-hydrogen) atoms. The third-order valence-electron chi connectivity index (χ3n) is 6.22. The molecule has 1 fully saturated rings. The first kappa shape index (κ1) is 35.4. The molecule has 0 saturated carbocycles. The minimum absolute atomic E-state index is 0.0416. The van der Waals surface area contributed by atoms with Gasteiger partial charge < -0.3 is 19.8 Å². The van der Waals surface area contributed by atoms with Crippen molar-refractivity contribution in [3.05, 3.63) is 102 Å². The van der Waals surface area contributed by atoms with Crippen LogP contribution in [0.1, 0.15) is 64.7 Å². The lowest BCUT2D eigenvalue weighted by Crippen LogP contribution is -2.45. The number of halogens is 1. The summed E-state index contributed by atoms with van der Waals surface area (Å²) in [5, 5.41) is 20.0. The molecule has 0 spiro atoms. The summed E-state index contributed by atoms with van der Waals surface area (Å²) in [6, 6.07) is 4.53. The van der Waals surface area contributed by atoms with Crippen LogP contribution in [-0.2, 0) is 0 Å². The van der Waals surface area contributed by atoms with E-state index in [1.807, 2.05) is 45.1 Å². The fraction of sp³-hybridized carbons (Fsp3) is 0.424. The lowest BCUT2D eigenvalue weighted by atomic mass is 9.98. The molecule has 0 unspecified atom stereocenters. The van der Waals surface area contributed by atoms with Crippen LogP contribution in [-0.4, -0.2) is 59.6 Å². The molecular formula is C33H49FN4O. The number of allylic oxidation sites excluding steroid dienone is 5. The van der Waals surface area contributed by atoms with E-state index in [9.17, 15) is 9.50 Å². The largest absolute Gasteiger partial charge is 0.494 e. The molecule has 1 aliphatic rings. The molecule has 0 aliphatic carbocycles. The molecule has 1 N–H and O–H groups in total. The molecule has 2 rings (SSSR count). The Balaban J connectivity index is 0.00000269. The highest BCUT2D eigenvalue weighted by molar-refractivity contribution is 5.77. The van der Waals surface area contributed by atoms with Gasteiger partial charge in [-0.2, -0.15) is 5.26 Å². The molecule has 0 aromatic heterocycles. The second kappa shape index (κ2) is 18.7. The Hall–Kier alpha value is -3.56. The smallest absolute Gasteiger partial charge is 0.199 e. The van der Waals surface area contributed by atoms with E-state index in [1.165, 1.54) is 29.5 Å². The number of hydrogen-bond donors (Lipinski definition) is 1. The van der Waals surface area contributed by atoms with Crippen molar-refractivity contribution in [2.45, 2.75) is 54.9 Å². The fourth-order valence-corrected chi connectivity index (χ4v) is 3.87. The molecule has 1 heterocycles. The number of likely N-dealkylation sites (N-methyl/N-ethyl adjacent to an activating group) is 2. The van der Waals surface area contributed by atoms with Crippen molar-refractivity contribution >= 4 is 5.57 Å². The van der Waals surface area contributed by atoms with Gasteiger partial charge in [0.1, 0.15) is 11.9 Å². The van der Waals surface area contributed by atoms with E-state index < -0.39 is 5.82 Å². The maximum atomic E-state index is 14.2. The number of aryl methyl sites for hydroxylation is 1. The number of hydrogen-bond acceptors (Lipinski definition) is 5. The number of piperazine rings is 1. The number of nitrogens with zero attached hydrogens (tertiary/aromatic N) is 4. The summed E-state index contributed by atoms with van der Waals surface area (Å²) in [6.07, 6.45) is 8.46. The predicted molar refractivity (Wildman–Crippen MR) is 166 cm³/mol. The molecule has 0 bridgehead atoms. The van der Waals surface area contributed by atoms with Crippen molar-refractivity contribution in [1.29, 1.82) is 5.26 Å². The molecule has 1 aliphatic heterocycles. The maximum Gasteiger partial charge on any atom is 0.199 e. The number of aliphatic hydroxyl groups is 1. The van der Waals surface area contributed by atoms with Crippen LogP contribution in [0, 0.1) is 24.1 Å². The van der Waals surface area contributed by atoms with Crippen molar-refractivity contribution < 1.29 is 9.50 Å². The molecule has 0 amide bonds. The second-order valence-corrected chi connectivity index (χ2v) is 8.90. The van der Waals surface area contributed by atoms with Gasteiger partial charge in [0.2, 0.25) is 0 Å². The zero-order valence-corrected chi connectivity index (χ0v) is 25.4. The van der Waals surface area contributed by atoms with E-state index in [2.05, 4.69) is 50.3 Å². The van der Waals surface area contributed by atoms with Crippen molar-refractivity contribution in [3.8, 4) is 6.07 Å². The van der Waals surface area contributed by atoms with E-state index in [1.54, 1.807) is 14.0 Å². The number of nitriles is 1. The van der Waals surface area contributed by atoms with Gasteiger partial charge in [-0.05, 0) is 55.3 Å². The van der Waals surface area contributed by atoms with Gasteiger partial charge in [-0.25, -0.2) is 4.39 Å². The number of rotatable bonds is 9. The lowest BCUT2D eigenvalue weighted by Gasteiger charge is -2.36. The molecular weight excluding hydrogens is 487 g/mol. The minimum Gasteiger partial charge on any atom is -0.494 e.